The predicted molar refractivity (Wildman–Crippen MR) is 107 cm³/mol. The average molecular weight is 379 g/mol. The molecule has 2 N–H and O–H groups in total. The van der Waals surface area contributed by atoms with Crippen molar-refractivity contribution in [3.63, 3.8) is 0 Å². The molecule has 0 unspecified atom stereocenters. The number of Topliss-reactive ketones (excluding diaryl/α,β-unsaturated/α-hetero) is 1. The molecule has 144 valence electrons. The Labute approximate surface area is 162 Å². The quantitative estimate of drug-likeness (QED) is 0.562. The molecule has 5 heteroatoms. The van der Waals surface area contributed by atoms with Gasteiger partial charge in [-0.05, 0) is 57.2 Å². The fourth-order valence-electron chi connectivity index (χ4n) is 4.48. The SMILES string of the molecule is COc1cc(N)c(Cl)cc1C(=O)CCC1CCN(C2CCCCC2)CC1. The van der Waals surface area contributed by atoms with Gasteiger partial charge in [0.1, 0.15) is 5.75 Å². The molecule has 0 radical (unpaired) electrons. The van der Waals surface area contributed by atoms with Crippen LogP contribution in [0.15, 0.2) is 12.1 Å². The number of ether oxygens (including phenoxy) is 1. The van der Waals surface area contributed by atoms with Crippen LogP contribution in [0.4, 0.5) is 5.69 Å². The first-order valence-corrected chi connectivity index (χ1v) is 10.4. The molecule has 0 amide bonds. The maximum atomic E-state index is 12.7. The van der Waals surface area contributed by atoms with Crippen LogP contribution in [0.3, 0.4) is 0 Å². The van der Waals surface area contributed by atoms with Crippen LogP contribution < -0.4 is 10.5 Å². The number of anilines is 1. The van der Waals surface area contributed by atoms with Gasteiger partial charge in [0.2, 0.25) is 0 Å². The Kier molecular flexibility index (Phi) is 6.82. The summed E-state index contributed by atoms with van der Waals surface area (Å²) >= 11 is 6.09. The molecular formula is C21H31ClN2O2. The molecule has 0 atom stereocenters. The number of nitrogens with two attached hydrogens (primary N) is 1. The maximum absolute atomic E-state index is 12.7. The van der Waals surface area contributed by atoms with Gasteiger partial charge in [0, 0.05) is 18.5 Å². The monoisotopic (exact) mass is 378 g/mol. The van der Waals surface area contributed by atoms with Gasteiger partial charge < -0.3 is 15.4 Å². The van der Waals surface area contributed by atoms with E-state index in [1.165, 1.54) is 58.0 Å². The number of nitrogens with zero attached hydrogens (tertiary/aromatic N) is 1. The van der Waals surface area contributed by atoms with Gasteiger partial charge in [0.15, 0.2) is 5.78 Å². The molecular weight excluding hydrogens is 348 g/mol. The average Bonchev–Trinajstić information content (AvgIpc) is 2.69. The molecule has 3 rings (SSSR count). The molecule has 1 aliphatic heterocycles. The zero-order valence-electron chi connectivity index (χ0n) is 15.8. The predicted octanol–water partition coefficient (Wildman–Crippen LogP) is 4.94. The van der Waals surface area contributed by atoms with Crippen LogP contribution in [0, 0.1) is 5.92 Å². The van der Waals surface area contributed by atoms with Crippen LogP contribution in [0.5, 0.6) is 5.75 Å². The third-order valence-electron chi connectivity index (χ3n) is 6.14. The van der Waals surface area contributed by atoms with Crippen LogP contribution in [0.1, 0.15) is 68.1 Å². The fourth-order valence-corrected chi connectivity index (χ4v) is 4.64. The smallest absolute Gasteiger partial charge is 0.166 e. The largest absolute Gasteiger partial charge is 0.496 e. The number of hydrogen-bond donors (Lipinski definition) is 1. The van der Waals surface area contributed by atoms with Gasteiger partial charge in [-0.3, -0.25) is 4.79 Å². The van der Waals surface area contributed by atoms with Crippen molar-refractivity contribution in [1.82, 2.24) is 4.90 Å². The van der Waals surface area contributed by atoms with Crippen molar-refractivity contribution in [3.05, 3.63) is 22.7 Å². The normalized spacial score (nSPS) is 20.2. The highest BCUT2D eigenvalue weighted by Crippen LogP contribution is 2.32. The molecule has 1 saturated heterocycles. The van der Waals surface area contributed by atoms with E-state index in [9.17, 15) is 4.79 Å². The van der Waals surface area contributed by atoms with E-state index in [0.29, 0.717) is 34.4 Å². The Morgan fingerprint density at radius 3 is 2.54 bits per heavy atom. The lowest BCUT2D eigenvalue weighted by molar-refractivity contribution is 0.0913. The Bertz CT molecular complexity index is 621. The minimum atomic E-state index is 0.0958. The second kappa shape index (κ2) is 9.09. The molecule has 26 heavy (non-hydrogen) atoms. The number of halogens is 1. The lowest BCUT2D eigenvalue weighted by Gasteiger charge is -2.39. The van der Waals surface area contributed by atoms with E-state index in [1.807, 2.05) is 0 Å². The molecule has 1 aliphatic carbocycles. The lowest BCUT2D eigenvalue weighted by atomic mass is 9.87. The van der Waals surface area contributed by atoms with Gasteiger partial charge in [0.25, 0.3) is 0 Å². The molecule has 0 spiro atoms. The summed E-state index contributed by atoms with van der Waals surface area (Å²) in [5, 5.41) is 0.412. The number of rotatable bonds is 6. The second-order valence-corrected chi connectivity index (χ2v) is 8.21. The van der Waals surface area contributed by atoms with Crippen LogP contribution in [0.25, 0.3) is 0 Å². The topological polar surface area (TPSA) is 55.6 Å². The van der Waals surface area contributed by atoms with Crippen molar-refractivity contribution in [2.75, 3.05) is 25.9 Å². The zero-order chi connectivity index (χ0) is 18.5. The highest BCUT2D eigenvalue weighted by molar-refractivity contribution is 6.33. The van der Waals surface area contributed by atoms with Crippen molar-refractivity contribution >= 4 is 23.1 Å². The third kappa shape index (κ3) is 4.72. The summed E-state index contributed by atoms with van der Waals surface area (Å²) in [4.78, 5) is 15.3. The molecule has 1 saturated carbocycles. The van der Waals surface area contributed by atoms with Crippen LogP contribution in [0.2, 0.25) is 5.02 Å². The molecule has 2 fully saturated rings. The number of carbonyl (C=O) groups is 1. The highest BCUT2D eigenvalue weighted by Gasteiger charge is 2.26. The summed E-state index contributed by atoms with van der Waals surface area (Å²) in [7, 11) is 1.56. The summed E-state index contributed by atoms with van der Waals surface area (Å²) < 4.78 is 5.31. The van der Waals surface area contributed by atoms with E-state index in [-0.39, 0.29) is 5.78 Å². The van der Waals surface area contributed by atoms with Gasteiger partial charge >= 0.3 is 0 Å². The van der Waals surface area contributed by atoms with Crippen molar-refractivity contribution in [3.8, 4) is 5.75 Å². The number of nitrogen functional groups attached to an aromatic ring is 1. The Hall–Kier alpha value is -1.26. The summed E-state index contributed by atoms with van der Waals surface area (Å²) in [6.07, 6.45) is 10.9. The number of benzene rings is 1. The van der Waals surface area contributed by atoms with Crippen LogP contribution in [-0.4, -0.2) is 36.9 Å². The van der Waals surface area contributed by atoms with Gasteiger partial charge in [-0.1, -0.05) is 30.9 Å². The van der Waals surface area contributed by atoms with E-state index in [0.717, 1.165) is 12.5 Å². The molecule has 1 heterocycles. The summed E-state index contributed by atoms with van der Waals surface area (Å²) in [6.45, 7) is 2.39. The second-order valence-electron chi connectivity index (χ2n) is 7.81. The van der Waals surface area contributed by atoms with Crippen LogP contribution >= 0.6 is 11.6 Å². The molecule has 1 aromatic carbocycles. The fraction of sp³-hybridized carbons (Fsp3) is 0.667. The zero-order valence-corrected chi connectivity index (χ0v) is 16.6. The number of piperidine rings is 1. The number of methoxy groups -OCH3 is 1. The van der Waals surface area contributed by atoms with Gasteiger partial charge in [-0.2, -0.15) is 0 Å². The first-order valence-electron chi connectivity index (χ1n) is 9.98. The van der Waals surface area contributed by atoms with Gasteiger partial charge in [-0.25, -0.2) is 0 Å². The molecule has 0 aromatic heterocycles. The Morgan fingerprint density at radius 2 is 1.88 bits per heavy atom. The molecule has 2 aliphatic rings. The third-order valence-corrected chi connectivity index (χ3v) is 6.47. The molecule has 4 nitrogen and oxygen atoms in total. The Morgan fingerprint density at radius 1 is 1.19 bits per heavy atom. The van der Waals surface area contributed by atoms with Crippen LogP contribution in [-0.2, 0) is 0 Å². The molecule has 0 bridgehead atoms. The standard InChI is InChI=1S/C21H31ClN2O2/c1-26-21-14-19(23)18(22)13-17(21)20(25)8-7-15-9-11-24(12-10-15)16-5-3-2-4-6-16/h13-16H,2-12,23H2,1H3. The first kappa shape index (κ1) is 19.5. The van der Waals surface area contributed by atoms with E-state index in [2.05, 4.69) is 4.90 Å². The number of carbonyl (C=O) groups excluding carboxylic acids is 1. The summed E-state index contributed by atoms with van der Waals surface area (Å²) in [6, 6.07) is 4.09. The van der Waals surface area contributed by atoms with E-state index in [4.69, 9.17) is 22.1 Å². The van der Waals surface area contributed by atoms with Crippen molar-refractivity contribution in [1.29, 1.82) is 0 Å². The lowest BCUT2D eigenvalue weighted by Crippen LogP contribution is -2.42. The Balaban J connectivity index is 1.49. The summed E-state index contributed by atoms with van der Waals surface area (Å²) in [5.41, 5.74) is 6.79. The number of ketones is 1. The van der Waals surface area contributed by atoms with Gasteiger partial charge in [0.05, 0.1) is 23.4 Å². The van der Waals surface area contributed by atoms with Gasteiger partial charge in [-0.15, -0.1) is 0 Å². The minimum absolute atomic E-state index is 0.0958. The molecule has 1 aromatic rings. The van der Waals surface area contributed by atoms with Crippen molar-refractivity contribution < 1.29 is 9.53 Å². The highest BCUT2D eigenvalue weighted by atomic mass is 35.5. The van der Waals surface area contributed by atoms with E-state index >= 15 is 0 Å². The van der Waals surface area contributed by atoms with Crippen molar-refractivity contribution in [2.24, 2.45) is 5.92 Å². The number of hydrogen-bond acceptors (Lipinski definition) is 4. The minimum Gasteiger partial charge on any atom is -0.496 e. The maximum Gasteiger partial charge on any atom is 0.166 e. The number of likely N-dealkylation sites (tertiary alicyclic amines) is 1. The first-order chi connectivity index (χ1) is 12.6. The van der Waals surface area contributed by atoms with E-state index < -0.39 is 0 Å². The van der Waals surface area contributed by atoms with Crippen molar-refractivity contribution in [2.45, 2.75) is 63.8 Å². The van der Waals surface area contributed by atoms with E-state index in [1.54, 1.807) is 19.2 Å². The summed E-state index contributed by atoms with van der Waals surface area (Å²) in [5.74, 6) is 1.26.